The minimum Gasteiger partial charge on any atom is -0.299 e. The van der Waals surface area contributed by atoms with Gasteiger partial charge in [-0.05, 0) is 12.8 Å². The van der Waals surface area contributed by atoms with Crippen molar-refractivity contribution in [3.8, 4) is 0 Å². The van der Waals surface area contributed by atoms with Gasteiger partial charge in [-0.25, -0.2) is 0 Å². The Morgan fingerprint density at radius 2 is 2.00 bits per heavy atom. The van der Waals surface area contributed by atoms with Crippen molar-refractivity contribution in [3.63, 3.8) is 0 Å². The molecule has 0 bridgehead atoms. The van der Waals surface area contributed by atoms with Crippen LogP contribution < -0.4 is 0 Å². The second-order valence-electron chi connectivity index (χ2n) is 4.16. The van der Waals surface area contributed by atoms with Gasteiger partial charge >= 0.3 is 0 Å². The maximum Gasteiger partial charge on any atom is 0.0147 e. The van der Waals surface area contributed by atoms with Crippen molar-refractivity contribution in [2.45, 2.75) is 39.0 Å². The lowest BCUT2D eigenvalue weighted by Crippen LogP contribution is -2.44. The number of hydrogen-bond acceptors (Lipinski definition) is 2. The molecule has 0 aromatic carbocycles. The summed E-state index contributed by atoms with van der Waals surface area (Å²) in [5, 5.41) is 0.833. The maximum atomic E-state index is 2.63. The fourth-order valence-corrected chi connectivity index (χ4v) is 2.68. The van der Waals surface area contributed by atoms with Crippen LogP contribution in [-0.4, -0.2) is 35.0 Å². The summed E-state index contributed by atoms with van der Waals surface area (Å²) in [6.45, 7) is 11.9. The zero-order valence-electron chi connectivity index (χ0n) is 8.71. The standard InChI is InChI=1S/C10H21NS/c1-8(2)10(4)11-5-6-12-9(3)7-11/h8-10H,5-7H2,1-4H3. The highest BCUT2D eigenvalue weighted by Crippen LogP contribution is 2.21. The van der Waals surface area contributed by atoms with Crippen molar-refractivity contribution in [1.82, 2.24) is 4.90 Å². The largest absolute Gasteiger partial charge is 0.299 e. The van der Waals surface area contributed by atoms with E-state index in [1.807, 2.05) is 0 Å². The number of hydrogen-bond donors (Lipinski definition) is 0. The topological polar surface area (TPSA) is 3.24 Å². The Labute approximate surface area is 80.9 Å². The summed E-state index contributed by atoms with van der Waals surface area (Å²) in [6.07, 6.45) is 0. The van der Waals surface area contributed by atoms with Crippen LogP contribution >= 0.6 is 11.8 Å². The lowest BCUT2D eigenvalue weighted by molar-refractivity contribution is 0.176. The summed E-state index contributed by atoms with van der Waals surface area (Å²) in [4.78, 5) is 2.63. The molecule has 0 spiro atoms. The van der Waals surface area contributed by atoms with Crippen molar-refractivity contribution in [2.24, 2.45) is 5.92 Å². The molecule has 2 heteroatoms. The molecule has 1 aliphatic rings. The minimum absolute atomic E-state index is 0.758. The third kappa shape index (κ3) is 2.67. The Bertz CT molecular complexity index is 136. The summed E-state index contributed by atoms with van der Waals surface area (Å²) in [6, 6.07) is 0.758. The molecule has 72 valence electrons. The lowest BCUT2D eigenvalue weighted by atomic mass is 10.0. The Kier molecular flexibility index (Phi) is 3.91. The number of rotatable bonds is 2. The van der Waals surface area contributed by atoms with E-state index in [2.05, 4.69) is 44.4 Å². The van der Waals surface area contributed by atoms with Crippen LogP contribution in [0.4, 0.5) is 0 Å². The smallest absolute Gasteiger partial charge is 0.0147 e. The third-order valence-corrected chi connectivity index (χ3v) is 3.95. The molecule has 12 heavy (non-hydrogen) atoms. The van der Waals surface area contributed by atoms with E-state index < -0.39 is 0 Å². The van der Waals surface area contributed by atoms with Crippen LogP contribution in [0.1, 0.15) is 27.7 Å². The van der Waals surface area contributed by atoms with E-state index >= 15 is 0 Å². The van der Waals surface area contributed by atoms with Crippen LogP contribution in [0.25, 0.3) is 0 Å². The SMILES string of the molecule is CC1CN(C(C)C(C)C)CCS1. The second-order valence-corrected chi connectivity index (χ2v) is 5.71. The van der Waals surface area contributed by atoms with E-state index in [9.17, 15) is 0 Å². The molecule has 0 radical (unpaired) electrons. The van der Waals surface area contributed by atoms with Gasteiger partial charge in [0.15, 0.2) is 0 Å². The van der Waals surface area contributed by atoms with Crippen molar-refractivity contribution in [2.75, 3.05) is 18.8 Å². The van der Waals surface area contributed by atoms with Gasteiger partial charge < -0.3 is 0 Å². The van der Waals surface area contributed by atoms with Gasteiger partial charge in [-0.3, -0.25) is 4.90 Å². The molecule has 0 aliphatic carbocycles. The van der Waals surface area contributed by atoms with E-state index in [4.69, 9.17) is 0 Å². The molecule has 1 nitrogen and oxygen atoms in total. The molecule has 0 amide bonds. The molecule has 2 unspecified atom stereocenters. The van der Waals surface area contributed by atoms with Crippen molar-refractivity contribution in [1.29, 1.82) is 0 Å². The monoisotopic (exact) mass is 187 g/mol. The molecule has 0 aromatic heterocycles. The van der Waals surface area contributed by atoms with Gasteiger partial charge in [-0.1, -0.05) is 20.8 Å². The fourth-order valence-electron chi connectivity index (χ4n) is 1.64. The number of thioether (sulfide) groups is 1. The van der Waals surface area contributed by atoms with Gasteiger partial charge in [0.05, 0.1) is 0 Å². The maximum absolute atomic E-state index is 2.63. The van der Waals surface area contributed by atoms with Crippen molar-refractivity contribution >= 4 is 11.8 Å². The predicted molar refractivity (Wildman–Crippen MR) is 57.8 cm³/mol. The van der Waals surface area contributed by atoms with Crippen LogP contribution in [-0.2, 0) is 0 Å². The van der Waals surface area contributed by atoms with Gasteiger partial charge in [0.25, 0.3) is 0 Å². The van der Waals surface area contributed by atoms with E-state index in [1.165, 1.54) is 18.8 Å². The fraction of sp³-hybridized carbons (Fsp3) is 1.00. The van der Waals surface area contributed by atoms with Crippen LogP contribution in [0.2, 0.25) is 0 Å². The van der Waals surface area contributed by atoms with Crippen LogP contribution in [0.5, 0.6) is 0 Å². The molecule has 1 heterocycles. The highest BCUT2D eigenvalue weighted by atomic mass is 32.2. The predicted octanol–water partition coefficient (Wildman–Crippen LogP) is 2.47. The molecular formula is C10H21NS. The first-order valence-electron chi connectivity index (χ1n) is 4.97. The Balaban J connectivity index is 2.40. The van der Waals surface area contributed by atoms with Gasteiger partial charge in [-0.15, -0.1) is 0 Å². The first-order chi connectivity index (χ1) is 5.61. The van der Waals surface area contributed by atoms with E-state index in [-0.39, 0.29) is 0 Å². The van der Waals surface area contributed by atoms with Gasteiger partial charge in [-0.2, -0.15) is 11.8 Å². The molecular weight excluding hydrogens is 166 g/mol. The molecule has 2 atom stereocenters. The summed E-state index contributed by atoms with van der Waals surface area (Å²) < 4.78 is 0. The molecule has 1 fully saturated rings. The van der Waals surface area contributed by atoms with E-state index in [1.54, 1.807) is 0 Å². The lowest BCUT2D eigenvalue weighted by Gasteiger charge is -2.37. The zero-order valence-corrected chi connectivity index (χ0v) is 9.53. The normalized spacial score (nSPS) is 29.2. The molecule has 1 aliphatic heterocycles. The van der Waals surface area contributed by atoms with Crippen LogP contribution in [0, 0.1) is 5.92 Å². The highest BCUT2D eigenvalue weighted by Gasteiger charge is 2.22. The zero-order chi connectivity index (χ0) is 9.14. The van der Waals surface area contributed by atoms with Crippen LogP contribution in [0.15, 0.2) is 0 Å². The highest BCUT2D eigenvalue weighted by molar-refractivity contribution is 7.99. The first-order valence-corrected chi connectivity index (χ1v) is 6.01. The third-order valence-electron chi connectivity index (χ3n) is 2.81. The summed E-state index contributed by atoms with van der Waals surface area (Å²) in [7, 11) is 0. The summed E-state index contributed by atoms with van der Waals surface area (Å²) in [5.74, 6) is 2.11. The minimum atomic E-state index is 0.758. The Morgan fingerprint density at radius 1 is 1.33 bits per heavy atom. The molecule has 1 saturated heterocycles. The average molecular weight is 187 g/mol. The van der Waals surface area contributed by atoms with Gasteiger partial charge in [0, 0.05) is 30.1 Å². The van der Waals surface area contributed by atoms with Crippen molar-refractivity contribution < 1.29 is 0 Å². The van der Waals surface area contributed by atoms with Gasteiger partial charge in [0.2, 0.25) is 0 Å². The first kappa shape index (κ1) is 10.4. The van der Waals surface area contributed by atoms with Crippen LogP contribution in [0.3, 0.4) is 0 Å². The molecule has 0 N–H and O–H groups in total. The van der Waals surface area contributed by atoms with Gasteiger partial charge in [0.1, 0.15) is 0 Å². The van der Waals surface area contributed by atoms with E-state index in [0.29, 0.717) is 0 Å². The Hall–Kier alpha value is 0.310. The molecule has 1 rings (SSSR count). The summed E-state index contributed by atoms with van der Waals surface area (Å²) in [5.41, 5.74) is 0. The average Bonchev–Trinajstić information content (AvgIpc) is 2.03. The summed E-state index contributed by atoms with van der Waals surface area (Å²) >= 11 is 2.11. The molecule has 0 aromatic rings. The van der Waals surface area contributed by atoms with Crippen molar-refractivity contribution in [3.05, 3.63) is 0 Å². The van der Waals surface area contributed by atoms with E-state index in [0.717, 1.165) is 17.2 Å². The molecule has 0 saturated carbocycles. The number of nitrogens with zero attached hydrogens (tertiary/aromatic N) is 1. The quantitative estimate of drug-likeness (QED) is 0.653. The Morgan fingerprint density at radius 3 is 2.50 bits per heavy atom. The second kappa shape index (κ2) is 4.52.